The zero-order chi connectivity index (χ0) is 13.7. The molecule has 1 saturated carbocycles. The van der Waals surface area contributed by atoms with E-state index >= 15 is 0 Å². The second kappa shape index (κ2) is 6.74. The standard InChI is InChI=1S/C16H24ClNO/c1-13(14-7-3-4-8-15(14)17)18-11-16(12-19)9-5-2-6-10-16/h3-4,7-8,13,18-19H,2,5-6,9-12H2,1H3. The lowest BCUT2D eigenvalue weighted by Gasteiger charge is -2.36. The highest BCUT2D eigenvalue weighted by molar-refractivity contribution is 6.31. The molecule has 1 unspecified atom stereocenters. The molecule has 1 aliphatic carbocycles. The zero-order valence-electron chi connectivity index (χ0n) is 11.7. The van der Waals surface area contributed by atoms with Crippen LogP contribution in [0, 0.1) is 5.41 Å². The van der Waals surface area contributed by atoms with Gasteiger partial charge in [-0.15, -0.1) is 0 Å². The second-order valence-electron chi connectivity index (χ2n) is 5.84. The van der Waals surface area contributed by atoms with Gasteiger partial charge in [-0.05, 0) is 31.4 Å². The Morgan fingerprint density at radius 1 is 1.26 bits per heavy atom. The van der Waals surface area contributed by atoms with Crippen LogP contribution in [0.4, 0.5) is 0 Å². The molecule has 1 aromatic carbocycles. The molecule has 1 aromatic rings. The first-order valence-corrected chi connectivity index (χ1v) is 7.63. The normalized spacial score (nSPS) is 20.2. The van der Waals surface area contributed by atoms with Crippen molar-refractivity contribution in [2.45, 2.75) is 45.1 Å². The molecule has 1 fully saturated rings. The van der Waals surface area contributed by atoms with Crippen molar-refractivity contribution in [3.63, 3.8) is 0 Å². The molecule has 19 heavy (non-hydrogen) atoms. The number of nitrogens with one attached hydrogen (secondary N) is 1. The molecule has 2 N–H and O–H groups in total. The quantitative estimate of drug-likeness (QED) is 0.857. The molecule has 0 bridgehead atoms. The molecule has 3 heteroatoms. The Labute approximate surface area is 121 Å². The summed E-state index contributed by atoms with van der Waals surface area (Å²) in [6.07, 6.45) is 6.05. The highest BCUT2D eigenvalue weighted by Crippen LogP contribution is 2.36. The molecule has 0 aromatic heterocycles. The van der Waals surface area contributed by atoms with Gasteiger partial charge in [-0.1, -0.05) is 49.1 Å². The van der Waals surface area contributed by atoms with Crippen molar-refractivity contribution in [3.8, 4) is 0 Å². The molecule has 1 aliphatic rings. The fraction of sp³-hybridized carbons (Fsp3) is 0.625. The topological polar surface area (TPSA) is 32.3 Å². The maximum absolute atomic E-state index is 9.71. The van der Waals surface area contributed by atoms with E-state index in [9.17, 15) is 5.11 Å². The highest BCUT2D eigenvalue weighted by atomic mass is 35.5. The van der Waals surface area contributed by atoms with E-state index in [1.165, 1.54) is 19.3 Å². The fourth-order valence-electron chi connectivity index (χ4n) is 3.00. The van der Waals surface area contributed by atoms with Crippen LogP contribution in [-0.2, 0) is 0 Å². The lowest BCUT2D eigenvalue weighted by molar-refractivity contribution is 0.0789. The Hall–Kier alpha value is -0.570. The van der Waals surface area contributed by atoms with Crippen LogP contribution in [0.3, 0.4) is 0 Å². The van der Waals surface area contributed by atoms with Crippen molar-refractivity contribution in [2.75, 3.05) is 13.2 Å². The Bertz CT molecular complexity index is 401. The van der Waals surface area contributed by atoms with Crippen molar-refractivity contribution in [3.05, 3.63) is 34.9 Å². The van der Waals surface area contributed by atoms with E-state index in [2.05, 4.69) is 18.3 Å². The SMILES string of the molecule is CC(NCC1(CO)CCCCC1)c1ccccc1Cl. The third kappa shape index (κ3) is 3.71. The lowest BCUT2D eigenvalue weighted by atomic mass is 9.74. The van der Waals surface area contributed by atoms with Gasteiger partial charge < -0.3 is 10.4 Å². The maximum Gasteiger partial charge on any atom is 0.0499 e. The van der Waals surface area contributed by atoms with E-state index < -0.39 is 0 Å². The van der Waals surface area contributed by atoms with Gasteiger partial charge in [0.1, 0.15) is 0 Å². The summed E-state index contributed by atoms with van der Waals surface area (Å²) >= 11 is 6.22. The van der Waals surface area contributed by atoms with E-state index in [4.69, 9.17) is 11.6 Å². The summed E-state index contributed by atoms with van der Waals surface area (Å²) in [5.41, 5.74) is 1.21. The van der Waals surface area contributed by atoms with Crippen LogP contribution in [0.2, 0.25) is 5.02 Å². The van der Waals surface area contributed by atoms with Crippen molar-refractivity contribution in [1.82, 2.24) is 5.32 Å². The molecule has 1 atom stereocenters. The number of hydrogen-bond donors (Lipinski definition) is 2. The summed E-state index contributed by atoms with van der Waals surface area (Å²) in [7, 11) is 0. The number of benzene rings is 1. The van der Waals surface area contributed by atoms with Crippen LogP contribution in [-0.4, -0.2) is 18.3 Å². The molecule has 0 heterocycles. The summed E-state index contributed by atoms with van der Waals surface area (Å²) in [5, 5.41) is 14.1. The summed E-state index contributed by atoms with van der Waals surface area (Å²) < 4.78 is 0. The summed E-state index contributed by atoms with van der Waals surface area (Å²) in [4.78, 5) is 0. The van der Waals surface area contributed by atoms with Gasteiger partial charge in [0.2, 0.25) is 0 Å². The average Bonchev–Trinajstić information content (AvgIpc) is 2.46. The number of hydrogen-bond acceptors (Lipinski definition) is 2. The van der Waals surface area contributed by atoms with Crippen molar-refractivity contribution >= 4 is 11.6 Å². The molecule has 0 radical (unpaired) electrons. The van der Waals surface area contributed by atoms with E-state index in [0.717, 1.165) is 30.0 Å². The third-order valence-electron chi connectivity index (χ3n) is 4.40. The first-order chi connectivity index (χ1) is 9.17. The molecule has 2 nitrogen and oxygen atoms in total. The van der Waals surface area contributed by atoms with E-state index in [1.54, 1.807) is 0 Å². The summed E-state index contributed by atoms with van der Waals surface area (Å²) in [6, 6.07) is 8.18. The Balaban J connectivity index is 1.95. The Morgan fingerprint density at radius 2 is 1.95 bits per heavy atom. The minimum atomic E-state index is 0.0771. The van der Waals surface area contributed by atoms with Crippen LogP contribution in [0.15, 0.2) is 24.3 Å². The van der Waals surface area contributed by atoms with Gasteiger partial charge in [-0.3, -0.25) is 0 Å². The smallest absolute Gasteiger partial charge is 0.0499 e. The number of aliphatic hydroxyl groups excluding tert-OH is 1. The van der Waals surface area contributed by atoms with Gasteiger partial charge in [-0.25, -0.2) is 0 Å². The van der Waals surface area contributed by atoms with Crippen LogP contribution in [0.1, 0.15) is 50.6 Å². The van der Waals surface area contributed by atoms with Crippen molar-refractivity contribution in [2.24, 2.45) is 5.41 Å². The van der Waals surface area contributed by atoms with Gasteiger partial charge in [0.05, 0.1) is 0 Å². The highest BCUT2D eigenvalue weighted by Gasteiger charge is 2.31. The minimum Gasteiger partial charge on any atom is -0.396 e. The minimum absolute atomic E-state index is 0.0771. The molecular formula is C16H24ClNO. The van der Waals surface area contributed by atoms with Crippen LogP contribution < -0.4 is 5.32 Å². The lowest BCUT2D eigenvalue weighted by Crippen LogP contribution is -2.40. The van der Waals surface area contributed by atoms with Crippen LogP contribution in [0.5, 0.6) is 0 Å². The first kappa shape index (κ1) is 14.8. The number of aliphatic hydroxyl groups is 1. The molecule has 2 rings (SSSR count). The largest absolute Gasteiger partial charge is 0.396 e. The van der Waals surface area contributed by atoms with E-state index in [0.29, 0.717) is 0 Å². The zero-order valence-corrected chi connectivity index (χ0v) is 12.4. The van der Waals surface area contributed by atoms with Gasteiger partial charge in [0.25, 0.3) is 0 Å². The first-order valence-electron chi connectivity index (χ1n) is 7.26. The van der Waals surface area contributed by atoms with Crippen molar-refractivity contribution < 1.29 is 5.11 Å². The summed E-state index contributed by atoms with van der Waals surface area (Å²) in [5.74, 6) is 0. The van der Waals surface area contributed by atoms with Gasteiger partial charge in [0, 0.05) is 29.6 Å². The molecular weight excluding hydrogens is 258 g/mol. The van der Waals surface area contributed by atoms with Gasteiger partial charge >= 0.3 is 0 Å². The van der Waals surface area contributed by atoms with Gasteiger partial charge in [0.15, 0.2) is 0 Å². The monoisotopic (exact) mass is 281 g/mol. The van der Waals surface area contributed by atoms with E-state index in [-0.39, 0.29) is 18.1 Å². The van der Waals surface area contributed by atoms with Crippen LogP contribution >= 0.6 is 11.6 Å². The number of halogens is 1. The predicted octanol–water partition coefficient (Wildman–Crippen LogP) is 3.93. The maximum atomic E-state index is 9.71. The molecule has 0 aliphatic heterocycles. The second-order valence-corrected chi connectivity index (χ2v) is 6.25. The predicted molar refractivity (Wildman–Crippen MR) is 80.5 cm³/mol. The third-order valence-corrected chi connectivity index (χ3v) is 4.75. The van der Waals surface area contributed by atoms with Crippen LogP contribution in [0.25, 0.3) is 0 Å². The molecule has 0 amide bonds. The Kier molecular flexibility index (Phi) is 5.26. The van der Waals surface area contributed by atoms with Crippen molar-refractivity contribution in [1.29, 1.82) is 0 Å². The number of rotatable bonds is 5. The van der Waals surface area contributed by atoms with Gasteiger partial charge in [-0.2, -0.15) is 0 Å². The average molecular weight is 282 g/mol. The Morgan fingerprint density at radius 3 is 2.58 bits per heavy atom. The molecule has 0 spiro atoms. The van der Waals surface area contributed by atoms with E-state index in [1.807, 2.05) is 18.2 Å². The molecule has 0 saturated heterocycles. The fourth-order valence-corrected chi connectivity index (χ4v) is 3.30. The summed E-state index contributed by atoms with van der Waals surface area (Å²) in [6.45, 7) is 3.29. The molecule has 106 valence electrons.